The number of halogens is 2. The fourth-order valence-corrected chi connectivity index (χ4v) is 4.77. The summed E-state index contributed by atoms with van der Waals surface area (Å²) < 4.78 is 5.68. The second-order valence-corrected chi connectivity index (χ2v) is 9.33. The number of aromatic nitrogens is 1. The van der Waals surface area contributed by atoms with Gasteiger partial charge in [-0.3, -0.25) is 14.5 Å². The van der Waals surface area contributed by atoms with Gasteiger partial charge in [0.05, 0.1) is 29.6 Å². The molecule has 2 aliphatic heterocycles. The molecule has 29 heavy (non-hydrogen) atoms. The third-order valence-corrected chi connectivity index (χ3v) is 6.44. The van der Waals surface area contributed by atoms with Gasteiger partial charge in [-0.2, -0.15) is 0 Å². The second kappa shape index (κ2) is 8.29. The molecule has 152 valence electrons. The SMILES string of the molecule is O=C(NC1CC(=O)N(c2ccc(N3CCCOC3=O)c(Cl)c2)C1)c1cnc(Br)s1. The fourth-order valence-electron chi connectivity index (χ4n) is 3.32. The van der Waals surface area contributed by atoms with Gasteiger partial charge in [0.1, 0.15) is 4.88 Å². The highest BCUT2D eigenvalue weighted by atomic mass is 79.9. The average Bonchev–Trinajstić information content (AvgIpc) is 3.28. The number of carbonyl (C=O) groups excluding carboxylic acids is 3. The van der Waals surface area contributed by atoms with Gasteiger partial charge in [-0.05, 0) is 40.5 Å². The highest BCUT2D eigenvalue weighted by Crippen LogP contribution is 2.33. The summed E-state index contributed by atoms with van der Waals surface area (Å²) in [4.78, 5) is 44.3. The number of amides is 3. The Kier molecular flexibility index (Phi) is 5.75. The van der Waals surface area contributed by atoms with Gasteiger partial charge in [0, 0.05) is 25.2 Å². The topological polar surface area (TPSA) is 91.8 Å². The standard InChI is InChI=1S/C18H16BrClN4O4S/c19-17-21-8-14(29-17)16(26)22-10-6-15(25)24(9-10)11-2-3-13(12(20)7-11)23-4-1-5-28-18(23)27/h2-3,7-8,10H,1,4-6,9H2,(H,22,26). The van der Waals surface area contributed by atoms with Crippen molar-refractivity contribution in [3.8, 4) is 0 Å². The summed E-state index contributed by atoms with van der Waals surface area (Å²) in [6, 6.07) is 4.79. The van der Waals surface area contributed by atoms with Crippen molar-refractivity contribution in [3.63, 3.8) is 0 Å². The van der Waals surface area contributed by atoms with Gasteiger partial charge < -0.3 is 15.0 Å². The number of rotatable bonds is 4. The third kappa shape index (κ3) is 4.24. The Morgan fingerprint density at radius 1 is 1.34 bits per heavy atom. The van der Waals surface area contributed by atoms with Crippen molar-refractivity contribution in [2.75, 3.05) is 29.5 Å². The van der Waals surface area contributed by atoms with Crippen molar-refractivity contribution in [1.82, 2.24) is 10.3 Å². The van der Waals surface area contributed by atoms with E-state index in [0.717, 1.165) is 6.42 Å². The van der Waals surface area contributed by atoms with Gasteiger partial charge in [0.25, 0.3) is 5.91 Å². The molecule has 11 heteroatoms. The predicted octanol–water partition coefficient (Wildman–Crippen LogP) is 3.44. The summed E-state index contributed by atoms with van der Waals surface area (Å²) in [5, 5.41) is 3.23. The molecule has 1 aromatic heterocycles. The van der Waals surface area contributed by atoms with Crippen LogP contribution in [0.5, 0.6) is 0 Å². The number of ether oxygens (including phenoxy) is 1. The number of nitrogens with zero attached hydrogens (tertiary/aromatic N) is 3. The van der Waals surface area contributed by atoms with Crippen molar-refractivity contribution in [2.45, 2.75) is 18.9 Å². The van der Waals surface area contributed by atoms with E-state index in [2.05, 4.69) is 26.2 Å². The Morgan fingerprint density at radius 3 is 2.86 bits per heavy atom. The number of nitrogens with one attached hydrogen (secondary N) is 1. The first-order valence-electron chi connectivity index (χ1n) is 8.89. The van der Waals surface area contributed by atoms with Crippen molar-refractivity contribution in [2.24, 2.45) is 0 Å². The molecule has 4 rings (SSSR count). The van der Waals surface area contributed by atoms with E-state index < -0.39 is 6.09 Å². The Balaban J connectivity index is 1.46. The van der Waals surface area contributed by atoms with Gasteiger partial charge >= 0.3 is 6.09 Å². The van der Waals surface area contributed by atoms with E-state index in [1.54, 1.807) is 23.1 Å². The molecule has 0 aliphatic carbocycles. The lowest BCUT2D eigenvalue weighted by Gasteiger charge is -2.27. The normalized spacial score (nSPS) is 19.4. The van der Waals surface area contributed by atoms with Crippen LogP contribution >= 0.6 is 38.9 Å². The molecular formula is C18H16BrClN4O4S. The molecule has 1 unspecified atom stereocenters. The van der Waals surface area contributed by atoms with Crippen LogP contribution in [-0.2, 0) is 9.53 Å². The maximum Gasteiger partial charge on any atom is 0.414 e. The molecular weight excluding hydrogens is 484 g/mol. The van der Waals surface area contributed by atoms with Crippen molar-refractivity contribution in [3.05, 3.63) is 38.2 Å². The molecule has 8 nitrogen and oxygen atoms in total. The number of thiazole rings is 1. The Labute approximate surface area is 183 Å². The van der Waals surface area contributed by atoms with E-state index in [1.165, 1.54) is 22.4 Å². The second-order valence-electron chi connectivity index (χ2n) is 6.61. The van der Waals surface area contributed by atoms with Crippen molar-refractivity contribution >= 4 is 68.2 Å². The molecule has 2 aliphatic rings. The molecule has 2 aromatic rings. The first kappa shape index (κ1) is 20.1. The zero-order chi connectivity index (χ0) is 20.5. The lowest BCUT2D eigenvalue weighted by atomic mass is 10.2. The summed E-state index contributed by atoms with van der Waals surface area (Å²) >= 11 is 10.8. The smallest absolute Gasteiger partial charge is 0.414 e. The molecule has 1 N–H and O–H groups in total. The average molecular weight is 500 g/mol. The van der Waals surface area contributed by atoms with E-state index in [1.807, 2.05) is 0 Å². The van der Waals surface area contributed by atoms with Crippen LogP contribution in [0.1, 0.15) is 22.5 Å². The highest BCUT2D eigenvalue weighted by Gasteiger charge is 2.33. The number of benzene rings is 1. The van der Waals surface area contributed by atoms with Crippen LogP contribution in [0.4, 0.5) is 16.2 Å². The quantitative estimate of drug-likeness (QED) is 0.696. The van der Waals surface area contributed by atoms with Crippen molar-refractivity contribution in [1.29, 1.82) is 0 Å². The van der Waals surface area contributed by atoms with E-state index in [4.69, 9.17) is 16.3 Å². The summed E-state index contributed by atoms with van der Waals surface area (Å²) in [7, 11) is 0. The monoisotopic (exact) mass is 498 g/mol. The van der Waals surface area contributed by atoms with Crippen LogP contribution in [-0.4, -0.2) is 48.6 Å². The Hall–Kier alpha value is -2.17. The van der Waals surface area contributed by atoms with Gasteiger partial charge in [0.2, 0.25) is 5.91 Å². The molecule has 0 bridgehead atoms. The minimum absolute atomic E-state index is 0.109. The summed E-state index contributed by atoms with van der Waals surface area (Å²) in [5.74, 6) is -0.369. The van der Waals surface area contributed by atoms with E-state index in [9.17, 15) is 14.4 Å². The molecule has 3 amide bonds. The van der Waals surface area contributed by atoms with Crippen LogP contribution in [0.2, 0.25) is 5.02 Å². The summed E-state index contributed by atoms with van der Waals surface area (Å²) in [6.07, 6.45) is 1.99. The van der Waals surface area contributed by atoms with Gasteiger partial charge in [-0.15, -0.1) is 11.3 Å². The number of cyclic esters (lactones) is 1. The zero-order valence-corrected chi connectivity index (χ0v) is 18.2. The zero-order valence-electron chi connectivity index (χ0n) is 15.1. The third-order valence-electron chi connectivity index (χ3n) is 4.67. The molecule has 0 radical (unpaired) electrons. The molecule has 1 atom stereocenters. The molecule has 2 fully saturated rings. The lowest BCUT2D eigenvalue weighted by molar-refractivity contribution is -0.117. The highest BCUT2D eigenvalue weighted by molar-refractivity contribution is 9.11. The number of hydrogen-bond acceptors (Lipinski definition) is 6. The number of carbonyl (C=O) groups is 3. The van der Waals surface area contributed by atoms with E-state index in [-0.39, 0.29) is 24.3 Å². The minimum Gasteiger partial charge on any atom is -0.449 e. The Bertz CT molecular complexity index is 985. The van der Waals surface area contributed by atoms with Gasteiger partial charge in [-0.25, -0.2) is 9.78 Å². The van der Waals surface area contributed by atoms with Crippen LogP contribution < -0.4 is 15.1 Å². The maximum atomic E-state index is 12.5. The van der Waals surface area contributed by atoms with Crippen LogP contribution in [0.15, 0.2) is 28.3 Å². The van der Waals surface area contributed by atoms with E-state index in [0.29, 0.717) is 44.9 Å². The summed E-state index contributed by atoms with van der Waals surface area (Å²) in [5.41, 5.74) is 1.17. The van der Waals surface area contributed by atoms with Gasteiger partial charge in [0.15, 0.2) is 3.92 Å². The molecule has 1 aromatic carbocycles. The molecule has 3 heterocycles. The van der Waals surface area contributed by atoms with E-state index >= 15 is 0 Å². The van der Waals surface area contributed by atoms with Crippen LogP contribution in [0.25, 0.3) is 0 Å². The number of hydrogen-bond donors (Lipinski definition) is 1. The lowest BCUT2D eigenvalue weighted by Crippen LogP contribution is -2.38. The van der Waals surface area contributed by atoms with Crippen LogP contribution in [0, 0.1) is 0 Å². The minimum atomic E-state index is -0.430. The summed E-state index contributed by atoms with van der Waals surface area (Å²) in [6.45, 7) is 1.27. The molecule has 2 saturated heterocycles. The first-order chi connectivity index (χ1) is 13.9. The number of anilines is 2. The first-order valence-corrected chi connectivity index (χ1v) is 10.9. The molecule has 0 saturated carbocycles. The maximum absolute atomic E-state index is 12.5. The predicted molar refractivity (Wildman–Crippen MR) is 113 cm³/mol. The van der Waals surface area contributed by atoms with Gasteiger partial charge in [-0.1, -0.05) is 11.6 Å². The Morgan fingerprint density at radius 2 is 2.17 bits per heavy atom. The largest absolute Gasteiger partial charge is 0.449 e. The van der Waals surface area contributed by atoms with Crippen molar-refractivity contribution < 1.29 is 19.1 Å². The molecule has 0 spiro atoms. The fraction of sp³-hybridized carbons (Fsp3) is 0.333. The van der Waals surface area contributed by atoms with Crippen LogP contribution in [0.3, 0.4) is 0 Å².